The second-order valence-electron chi connectivity index (χ2n) is 5.52. The molecule has 0 aliphatic carbocycles. The van der Waals surface area contributed by atoms with Gasteiger partial charge in [0.2, 0.25) is 0 Å². The SMILES string of the molecule is CC1=C(C)C[P+](c2ccccc2)(c2ccccc2)C1.[Cl-]. The molecule has 1 aliphatic heterocycles. The van der Waals surface area contributed by atoms with E-state index < -0.39 is 7.26 Å². The lowest BCUT2D eigenvalue weighted by molar-refractivity contribution is -0.00000391. The Balaban J connectivity index is 0.00000147. The van der Waals surface area contributed by atoms with E-state index in [0.29, 0.717) is 0 Å². The van der Waals surface area contributed by atoms with Gasteiger partial charge >= 0.3 is 0 Å². The molecule has 20 heavy (non-hydrogen) atoms. The van der Waals surface area contributed by atoms with Gasteiger partial charge < -0.3 is 12.4 Å². The second kappa shape index (κ2) is 6.12. The van der Waals surface area contributed by atoms with Crippen LogP contribution in [-0.2, 0) is 0 Å². The van der Waals surface area contributed by atoms with Crippen LogP contribution in [0.15, 0.2) is 71.8 Å². The first-order valence-corrected chi connectivity index (χ1v) is 9.02. The number of allylic oxidation sites excluding steroid dienone is 2. The Morgan fingerprint density at radius 2 is 1.00 bits per heavy atom. The maximum atomic E-state index is 2.33. The topological polar surface area (TPSA) is 0 Å². The molecule has 1 heterocycles. The molecule has 2 aromatic carbocycles. The number of benzene rings is 2. The minimum Gasteiger partial charge on any atom is -1.00 e. The van der Waals surface area contributed by atoms with E-state index in [0.717, 1.165) is 0 Å². The molecule has 1 aliphatic rings. The normalized spacial score (nSPS) is 16.9. The molecule has 0 fully saturated rings. The molecular weight excluding hydrogens is 283 g/mol. The van der Waals surface area contributed by atoms with E-state index in [9.17, 15) is 0 Å². The van der Waals surface area contributed by atoms with Gasteiger partial charge in [-0.05, 0) is 49.3 Å². The van der Waals surface area contributed by atoms with Crippen molar-refractivity contribution in [3.63, 3.8) is 0 Å². The van der Waals surface area contributed by atoms with Gasteiger partial charge in [-0.25, -0.2) is 0 Å². The van der Waals surface area contributed by atoms with Gasteiger partial charge in [-0.3, -0.25) is 0 Å². The lowest BCUT2D eigenvalue weighted by Gasteiger charge is -2.23. The number of hydrogen-bond donors (Lipinski definition) is 0. The number of halogens is 1. The van der Waals surface area contributed by atoms with Crippen molar-refractivity contribution < 1.29 is 12.4 Å². The van der Waals surface area contributed by atoms with Gasteiger partial charge in [0.25, 0.3) is 0 Å². The molecule has 0 saturated heterocycles. The number of rotatable bonds is 2. The van der Waals surface area contributed by atoms with Crippen molar-refractivity contribution in [2.24, 2.45) is 0 Å². The highest BCUT2D eigenvalue weighted by molar-refractivity contribution is 7.90. The van der Waals surface area contributed by atoms with Crippen LogP contribution in [0.2, 0.25) is 0 Å². The molecule has 0 N–H and O–H groups in total. The largest absolute Gasteiger partial charge is 1.00 e. The Bertz CT molecular complexity index is 546. The fourth-order valence-electron chi connectivity index (χ4n) is 3.08. The van der Waals surface area contributed by atoms with Crippen LogP contribution < -0.4 is 23.0 Å². The average Bonchev–Trinajstić information content (AvgIpc) is 2.78. The van der Waals surface area contributed by atoms with Gasteiger partial charge in [0, 0.05) is 0 Å². The highest BCUT2D eigenvalue weighted by atomic mass is 35.5. The summed E-state index contributed by atoms with van der Waals surface area (Å²) in [6.07, 6.45) is 2.51. The van der Waals surface area contributed by atoms with Gasteiger partial charge in [-0.15, -0.1) is 0 Å². The molecule has 104 valence electrons. The van der Waals surface area contributed by atoms with Crippen LogP contribution in [0.1, 0.15) is 13.8 Å². The molecule has 2 heteroatoms. The van der Waals surface area contributed by atoms with E-state index in [1.54, 1.807) is 21.8 Å². The fraction of sp³-hybridized carbons (Fsp3) is 0.222. The molecular formula is C18H20ClP. The van der Waals surface area contributed by atoms with Crippen molar-refractivity contribution in [3.8, 4) is 0 Å². The van der Waals surface area contributed by atoms with Gasteiger partial charge in [0.1, 0.15) is 0 Å². The van der Waals surface area contributed by atoms with E-state index in [1.807, 2.05) is 0 Å². The highest BCUT2D eigenvalue weighted by Gasteiger charge is 2.47. The predicted molar refractivity (Wildman–Crippen MR) is 87.2 cm³/mol. The van der Waals surface area contributed by atoms with E-state index in [-0.39, 0.29) is 12.4 Å². The molecule has 0 radical (unpaired) electrons. The van der Waals surface area contributed by atoms with Crippen LogP contribution >= 0.6 is 7.26 Å². The van der Waals surface area contributed by atoms with E-state index in [2.05, 4.69) is 74.5 Å². The third kappa shape index (κ3) is 2.55. The summed E-state index contributed by atoms with van der Waals surface area (Å²) in [5.74, 6) is 0. The van der Waals surface area contributed by atoms with Crippen molar-refractivity contribution in [1.29, 1.82) is 0 Å². The third-order valence-electron chi connectivity index (χ3n) is 4.24. The zero-order chi connectivity index (χ0) is 13.3. The summed E-state index contributed by atoms with van der Waals surface area (Å²) in [5.41, 5.74) is 3.20. The van der Waals surface area contributed by atoms with Crippen LogP contribution in [0.25, 0.3) is 0 Å². The average molecular weight is 303 g/mol. The second-order valence-corrected chi connectivity index (χ2v) is 9.12. The van der Waals surface area contributed by atoms with Crippen LogP contribution in [-0.4, -0.2) is 12.3 Å². The molecule has 0 unspecified atom stereocenters. The summed E-state index contributed by atoms with van der Waals surface area (Å²) in [7, 11) is -1.24. The summed E-state index contributed by atoms with van der Waals surface area (Å²) in [6, 6.07) is 22.3. The van der Waals surface area contributed by atoms with Gasteiger partial charge in [0.15, 0.2) is 0 Å². The standard InChI is InChI=1S/C18H20P.ClH/c1-15-13-19(14-16(15)2,17-9-5-3-6-10-17)18-11-7-4-8-12-18;/h3-12H,13-14H2,1-2H3;1H/q+1;/p-1. The van der Waals surface area contributed by atoms with Gasteiger partial charge in [0.05, 0.1) is 30.2 Å². The monoisotopic (exact) mass is 302 g/mol. The summed E-state index contributed by atoms with van der Waals surface area (Å²) < 4.78 is 0. The Labute approximate surface area is 128 Å². The third-order valence-corrected chi connectivity index (χ3v) is 8.85. The summed E-state index contributed by atoms with van der Waals surface area (Å²) in [5, 5.41) is 3.11. The Morgan fingerprint density at radius 3 is 1.35 bits per heavy atom. The lowest BCUT2D eigenvalue weighted by Crippen LogP contribution is -3.00. The molecule has 0 saturated carbocycles. The Morgan fingerprint density at radius 1 is 0.650 bits per heavy atom. The van der Waals surface area contributed by atoms with Crippen LogP contribution in [0.5, 0.6) is 0 Å². The predicted octanol–water partition coefficient (Wildman–Crippen LogP) is 1.01. The minimum atomic E-state index is -1.24. The van der Waals surface area contributed by atoms with Crippen molar-refractivity contribution >= 4 is 17.9 Å². The van der Waals surface area contributed by atoms with E-state index in [4.69, 9.17) is 0 Å². The van der Waals surface area contributed by atoms with Crippen LogP contribution in [0.4, 0.5) is 0 Å². The number of hydrogen-bond acceptors (Lipinski definition) is 0. The summed E-state index contributed by atoms with van der Waals surface area (Å²) in [4.78, 5) is 0. The molecule has 0 aromatic heterocycles. The smallest absolute Gasteiger partial charge is 0.0998 e. The molecule has 0 bridgehead atoms. The first kappa shape index (κ1) is 15.3. The maximum absolute atomic E-state index is 2.33. The molecule has 0 nitrogen and oxygen atoms in total. The molecule has 2 aromatic rings. The molecule has 0 atom stereocenters. The van der Waals surface area contributed by atoms with Crippen molar-refractivity contribution in [3.05, 3.63) is 71.8 Å². The zero-order valence-corrected chi connectivity index (χ0v) is 13.7. The highest BCUT2D eigenvalue weighted by Crippen LogP contribution is 2.62. The fourth-order valence-corrected chi connectivity index (χ4v) is 7.86. The van der Waals surface area contributed by atoms with Crippen molar-refractivity contribution in [1.82, 2.24) is 0 Å². The first-order chi connectivity index (χ1) is 9.22. The van der Waals surface area contributed by atoms with Gasteiger partial charge in [-0.2, -0.15) is 0 Å². The Kier molecular flexibility index (Phi) is 4.68. The Hall–Kier alpha value is -1.10. The van der Waals surface area contributed by atoms with Crippen LogP contribution in [0.3, 0.4) is 0 Å². The van der Waals surface area contributed by atoms with E-state index >= 15 is 0 Å². The summed E-state index contributed by atoms with van der Waals surface area (Å²) in [6.45, 7) is 4.62. The van der Waals surface area contributed by atoms with Crippen molar-refractivity contribution in [2.75, 3.05) is 12.3 Å². The van der Waals surface area contributed by atoms with Crippen molar-refractivity contribution in [2.45, 2.75) is 13.8 Å². The molecule has 0 spiro atoms. The van der Waals surface area contributed by atoms with Crippen LogP contribution in [0, 0.1) is 0 Å². The lowest BCUT2D eigenvalue weighted by atomic mass is 10.2. The van der Waals surface area contributed by atoms with Gasteiger partial charge in [-0.1, -0.05) is 36.4 Å². The first-order valence-electron chi connectivity index (χ1n) is 6.86. The minimum absolute atomic E-state index is 0. The van der Waals surface area contributed by atoms with E-state index in [1.165, 1.54) is 12.3 Å². The molecule has 3 rings (SSSR count). The quantitative estimate of drug-likeness (QED) is 0.574. The molecule has 0 amide bonds. The zero-order valence-electron chi connectivity index (χ0n) is 12.0. The maximum Gasteiger partial charge on any atom is 0.0998 e. The summed E-state index contributed by atoms with van der Waals surface area (Å²) >= 11 is 0.